The highest BCUT2D eigenvalue weighted by atomic mass is 79.9. The van der Waals surface area contributed by atoms with Crippen molar-refractivity contribution in [2.45, 2.75) is 31.3 Å². The predicted molar refractivity (Wildman–Crippen MR) is 89.7 cm³/mol. The first kappa shape index (κ1) is 14.6. The quantitative estimate of drug-likeness (QED) is 0.861. The highest BCUT2D eigenvalue weighted by Crippen LogP contribution is 2.37. The fourth-order valence-corrected chi connectivity index (χ4v) is 3.28. The van der Waals surface area contributed by atoms with Crippen LogP contribution in [0.1, 0.15) is 29.9 Å². The number of nitrogens with one attached hydrogen (secondary N) is 1. The van der Waals surface area contributed by atoms with Gasteiger partial charge in [-0.2, -0.15) is 0 Å². The molecule has 1 N–H and O–H groups in total. The molecule has 2 aromatic rings. The molecule has 0 bridgehead atoms. The largest absolute Gasteiger partial charge is 0.497 e. The van der Waals surface area contributed by atoms with Crippen LogP contribution in [-0.4, -0.2) is 13.2 Å². The Kier molecular flexibility index (Phi) is 4.61. The molecule has 1 fully saturated rings. The summed E-state index contributed by atoms with van der Waals surface area (Å²) in [4.78, 5) is 0. The first-order valence-corrected chi connectivity index (χ1v) is 8.15. The number of halogens is 1. The van der Waals surface area contributed by atoms with E-state index in [1.165, 1.54) is 28.4 Å². The topological polar surface area (TPSA) is 21.3 Å². The molecule has 0 atom stereocenters. The number of ether oxygens (including phenoxy) is 1. The van der Waals surface area contributed by atoms with Crippen molar-refractivity contribution >= 4 is 15.9 Å². The molecule has 3 rings (SSSR count). The average molecular weight is 346 g/mol. The molecule has 0 spiro atoms. The Hall–Kier alpha value is -1.32. The molecule has 110 valence electrons. The van der Waals surface area contributed by atoms with E-state index in [-0.39, 0.29) is 0 Å². The molecule has 1 aliphatic carbocycles. The maximum absolute atomic E-state index is 5.26. The van der Waals surface area contributed by atoms with E-state index in [1.807, 2.05) is 12.1 Å². The molecule has 0 heterocycles. The van der Waals surface area contributed by atoms with Crippen molar-refractivity contribution in [3.8, 4) is 5.75 Å². The third-order valence-electron chi connectivity index (χ3n) is 4.19. The van der Waals surface area contributed by atoms with E-state index in [0.717, 1.165) is 12.3 Å². The Bertz CT molecular complexity index is 608. The van der Waals surface area contributed by atoms with Crippen molar-refractivity contribution in [3.63, 3.8) is 0 Å². The van der Waals surface area contributed by atoms with Gasteiger partial charge in [0.1, 0.15) is 5.75 Å². The number of methoxy groups -OCH3 is 1. The summed E-state index contributed by atoms with van der Waals surface area (Å²) in [6.45, 7) is 0.910. The van der Waals surface area contributed by atoms with Gasteiger partial charge in [-0.05, 0) is 54.2 Å². The van der Waals surface area contributed by atoms with Crippen LogP contribution in [0.2, 0.25) is 0 Å². The number of rotatable bonds is 5. The molecule has 21 heavy (non-hydrogen) atoms. The van der Waals surface area contributed by atoms with E-state index in [1.54, 1.807) is 7.11 Å². The van der Waals surface area contributed by atoms with Crippen molar-refractivity contribution in [2.24, 2.45) is 0 Å². The molecule has 0 radical (unpaired) electrons. The number of hydrogen-bond donors (Lipinski definition) is 1. The van der Waals surface area contributed by atoms with Crippen molar-refractivity contribution in [1.29, 1.82) is 0 Å². The van der Waals surface area contributed by atoms with Crippen LogP contribution in [0, 0.1) is 0 Å². The predicted octanol–water partition coefficient (Wildman–Crippen LogP) is 4.49. The maximum Gasteiger partial charge on any atom is 0.119 e. The van der Waals surface area contributed by atoms with Crippen LogP contribution >= 0.6 is 15.9 Å². The summed E-state index contributed by atoms with van der Waals surface area (Å²) >= 11 is 3.55. The molecule has 0 unspecified atom stereocenters. The monoisotopic (exact) mass is 345 g/mol. The standard InChI is InChI=1S/C18H20BrNO/c1-21-18-7-2-4-13(8-18)12-20-17-10-15(11-17)14-5-3-6-16(19)9-14/h2-9,15,17,20H,10-12H2,1H3. The first-order valence-electron chi connectivity index (χ1n) is 7.36. The smallest absolute Gasteiger partial charge is 0.119 e. The van der Waals surface area contributed by atoms with E-state index in [4.69, 9.17) is 4.74 Å². The normalized spacial score (nSPS) is 20.9. The molecule has 2 nitrogen and oxygen atoms in total. The van der Waals surface area contributed by atoms with Gasteiger partial charge < -0.3 is 10.1 Å². The lowest BCUT2D eigenvalue weighted by molar-refractivity contribution is 0.289. The highest BCUT2D eigenvalue weighted by molar-refractivity contribution is 9.10. The highest BCUT2D eigenvalue weighted by Gasteiger charge is 2.29. The van der Waals surface area contributed by atoms with Gasteiger partial charge in [0.15, 0.2) is 0 Å². The number of benzene rings is 2. The van der Waals surface area contributed by atoms with Gasteiger partial charge in [0, 0.05) is 17.1 Å². The minimum atomic E-state index is 0.625. The summed E-state index contributed by atoms with van der Waals surface area (Å²) in [5.41, 5.74) is 2.73. The number of hydrogen-bond acceptors (Lipinski definition) is 2. The third-order valence-corrected chi connectivity index (χ3v) is 4.68. The lowest BCUT2D eigenvalue weighted by Gasteiger charge is -2.36. The van der Waals surface area contributed by atoms with Gasteiger partial charge in [0.25, 0.3) is 0 Å². The van der Waals surface area contributed by atoms with E-state index in [2.05, 4.69) is 57.6 Å². The van der Waals surface area contributed by atoms with Crippen molar-refractivity contribution in [1.82, 2.24) is 5.32 Å². The summed E-state index contributed by atoms with van der Waals surface area (Å²) in [5, 5.41) is 3.63. The summed E-state index contributed by atoms with van der Waals surface area (Å²) in [6, 6.07) is 17.6. The second kappa shape index (κ2) is 6.63. The van der Waals surface area contributed by atoms with Crippen LogP contribution in [0.3, 0.4) is 0 Å². The van der Waals surface area contributed by atoms with E-state index < -0.39 is 0 Å². The fraction of sp³-hybridized carbons (Fsp3) is 0.333. The van der Waals surface area contributed by atoms with Crippen molar-refractivity contribution in [3.05, 3.63) is 64.1 Å². The zero-order valence-corrected chi connectivity index (χ0v) is 13.8. The second-order valence-corrected chi connectivity index (χ2v) is 6.57. The van der Waals surface area contributed by atoms with Crippen LogP contribution in [0.5, 0.6) is 5.75 Å². The summed E-state index contributed by atoms with van der Waals surface area (Å²) in [6.07, 6.45) is 2.45. The Morgan fingerprint density at radius 2 is 1.95 bits per heavy atom. The molecule has 0 saturated heterocycles. The minimum absolute atomic E-state index is 0.625. The van der Waals surface area contributed by atoms with E-state index >= 15 is 0 Å². The fourth-order valence-electron chi connectivity index (χ4n) is 2.86. The Morgan fingerprint density at radius 1 is 1.14 bits per heavy atom. The van der Waals surface area contributed by atoms with E-state index in [0.29, 0.717) is 12.0 Å². The average Bonchev–Trinajstić information content (AvgIpc) is 2.46. The SMILES string of the molecule is COc1cccc(CNC2CC(c3cccc(Br)c3)C2)c1. The molecule has 0 aliphatic heterocycles. The molecule has 1 saturated carbocycles. The molecule has 0 amide bonds. The van der Waals surface area contributed by atoms with Gasteiger partial charge in [0.05, 0.1) is 7.11 Å². The van der Waals surface area contributed by atoms with Crippen molar-refractivity contribution < 1.29 is 4.74 Å². The van der Waals surface area contributed by atoms with Gasteiger partial charge in [-0.3, -0.25) is 0 Å². The van der Waals surface area contributed by atoms with Gasteiger partial charge in [-0.25, -0.2) is 0 Å². The third kappa shape index (κ3) is 3.66. The molecule has 0 aromatic heterocycles. The molecular weight excluding hydrogens is 326 g/mol. The minimum Gasteiger partial charge on any atom is -0.497 e. The lowest BCUT2D eigenvalue weighted by Crippen LogP contribution is -2.39. The van der Waals surface area contributed by atoms with Crippen LogP contribution in [0.25, 0.3) is 0 Å². The van der Waals surface area contributed by atoms with Crippen molar-refractivity contribution in [2.75, 3.05) is 7.11 Å². The van der Waals surface area contributed by atoms with Crippen LogP contribution in [0.4, 0.5) is 0 Å². The van der Waals surface area contributed by atoms with Gasteiger partial charge in [0.2, 0.25) is 0 Å². The van der Waals surface area contributed by atoms with Crippen LogP contribution in [-0.2, 0) is 6.54 Å². The first-order chi connectivity index (χ1) is 10.2. The van der Waals surface area contributed by atoms with Crippen LogP contribution in [0.15, 0.2) is 53.0 Å². The van der Waals surface area contributed by atoms with Gasteiger partial charge >= 0.3 is 0 Å². The maximum atomic E-state index is 5.26. The zero-order valence-electron chi connectivity index (χ0n) is 12.2. The lowest BCUT2D eigenvalue weighted by atomic mass is 9.76. The molecule has 1 aliphatic rings. The Balaban J connectivity index is 1.49. The Labute approximate surface area is 134 Å². The summed E-state index contributed by atoms with van der Waals surface area (Å²) in [7, 11) is 1.71. The van der Waals surface area contributed by atoms with Gasteiger partial charge in [-0.15, -0.1) is 0 Å². The molecule has 2 aromatic carbocycles. The summed E-state index contributed by atoms with van der Waals surface area (Å²) < 4.78 is 6.43. The second-order valence-electron chi connectivity index (χ2n) is 5.65. The van der Waals surface area contributed by atoms with E-state index in [9.17, 15) is 0 Å². The Morgan fingerprint density at radius 3 is 2.71 bits per heavy atom. The molecular formula is C18H20BrNO. The molecule has 3 heteroatoms. The zero-order chi connectivity index (χ0) is 14.7. The van der Waals surface area contributed by atoms with Gasteiger partial charge in [-0.1, -0.05) is 40.2 Å². The van der Waals surface area contributed by atoms with Crippen LogP contribution < -0.4 is 10.1 Å². The summed E-state index contributed by atoms with van der Waals surface area (Å²) in [5.74, 6) is 1.63.